The first kappa shape index (κ1) is 27.0. The van der Waals surface area contributed by atoms with E-state index in [0.29, 0.717) is 24.3 Å². The highest BCUT2D eigenvalue weighted by Gasteiger charge is 2.56. The number of nitrogens with zero attached hydrogens (tertiary/aromatic N) is 1. The number of phenols is 1. The Morgan fingerprint density at radius 3 is 2.49 bits per heavy atom. The molecule has 0 bridgehead atoms. The SMILES string of the molecule is CC1=C2[C@@H](CC/C(C)=C/c3ccc(O)c(F)c3)OC[C@@H]2[C@@H]2C(=O)N(c3ccc(Nc4ccccc4)cc3)C(=O)[C@@H]2C1. The van der Waals surface area contributed by atoms with Gasteiger partial charge in [-0.25, -0.2) is 4.39 Å². The first-order valence-corrected chi connectivity index (χ1v) is 14.1. The second-order valence-corrected chi connectivity index (χ2v) is 11.3. The van der Waals surface area contributed by atoms with Crippen molar-refractivity contribution >= 4 is 35.0 Å². The molecule has 2 N–H and O–H groups in total. The van der Waals surface area contributed by atoms with Crippen molar-refractivity contribution in [1.82, 2.24) is 0 Å². The van der Waals surface area contributed by atoms with Gasteiger partial charge in [0.05, 0.1) is 30.2 Å². The molecule has 2 amide bonds. The zero-order valence-electron chi connectivity index (χ0n) is 23.1. The summed E-state index contributed by atoms with van der Waals surface area (Å²) in [5.41, 5.74) is 6.50. The summed E-state index contributed by atoms with van der Waals surface area (Å²) in [6.45, 7) is 4.48. The van der Waals surface area contributed by atoms with E-state index in [1.54, 1.807) is 6.07 Å². The van der Waals surface area contributed by atoms with Crippen LogP contribution in [0.4, 0.5) is 21.5 Å². The van der Waals surface area contributed by atoms with Crippen LogP contribution in [0.1, 0.15) is 38.7 Å². The number of allylic oxidation sites excluding steroid dienone is 2. The molecule has 1 aliphatic carbocycles. The van der Waals surface area contributed by atoms with Crippen LogP contribution >= 0.6 is 0 Å². The molecule has 0 saturated carbocycles. The molecular weight excluding hydrogens is 519 g/mol. The summed E-state index contributed by atoms with van der Waals surface area (Å²) in [4.78, 5) is 28.7. The van der Waals surface area contributed by atoms with Crippen molar-refractivity contribution in [1.29, 1.82) is 0 Å². The first-order valence-electron chi connectivity index (χ1n) is 14.1. The highest BCUT2D eigenvalue weighted by Crippen LogP contribution is 2.50. The molecule has 2 heterocycles. The van der Waals surface area contributed by atoms with Crippen molar-refractivity contribution in [2.24, 2.45) is 17.8 Å². The predicted octanol–water partition coefficient (Wildman–Crippen LogP) is 7.00. The first-order chi connectivity index (χ1) is 19.8. The summed E-state index contributed by atoms with van der Waals surface area (Å²) in [5, 5.41) is 12.8. The van der Waals surface area contributed by atoms with Gasteiger partial charge in [-0.3, -0.25) is 14.5 Å². The minimum atomic E-state index is -0.643. The Hall–Kier alpha value is -4.23. The molecule has 41 heavy (non-hydrogen) atoms. The molecule has 2 fully saturated rings. The molecule has 210 valence electrons. The zero-order valence-corrected chi connectivity index (χ0v) is 23.1. The molecule has 3 aliphatic rings. The van der Waals surface area contributed by atoms with Crippen molar-refractivity contribution < 1.29 is 23.8 Å². The highest BCUT2D eigenvalue weighted by molar-refractivity contribution is 6.22. The normalized spacial score (nSPS) is 24.1. The Kier molecular flexibility index (Phi) is 7.22. The van der Waals surface area contributed by atoms with Crippen LogP contribution in [-0.4, -0.2) is 29.6 Å². The van der Waals surface area contributed by atoms with Crippen LogP contribution < -0.4 is 10.2 Å². The molecular formula is C34H33FN2O4. The fourth-order valence-electron chi connectivity index (χ4n) is 6.59. The van der Waals surface area contributed by atoms with Crippen molar-refractivity contribution in [2.45, 2.75) is 39.2 Å². The number of ether oxygens (including phenoxy) is 1. The Balaban J connectivity index is 1.15. The molecule has 0 radical (unpaired) electrons. The second kappa shape index (κ2) is 11.0. The van der Waals surface area contributed by atoms with Gasteiger partial charge in [-0.2, -0.15) is 0 Å². The van der Waals surface area contributed by atoms with E-state index in [1.165, 1.54) is 22.6 Å². The number of nitrogens with one attached hydrogen (secondary N) is 1. The Morgan fingerprint density at radius 1 is 1.02 bits per heavy atom. The summed E-state index contributed by atoms with van der Waals surface area (Å²) >= 11 is 0. The summed E-state index contributed by atoms with van der Waals surface area (Å²) in [6.07, 6.45) is 3.84. The number of benzene rings is 3. The predicted molar refractivity (Wildman–Crippen MR) is 157 cm³/mol. The average molecular weight is 553 g/mol. The molecule has 2 saturated heterocycles. The minimum Gasteiger partial charge on any atom is -0.505 e. The third-order valence-corrected chi connectivity index (χ3v) is 8.53. The van der Waals surface area contributed by atoms with Crippen LogP contribution in [0.15, 0.2) is 89.5 Å². The molecule has 3 aromatic carbocycles. The van der Waals surface area contributed by atoms with Crippen LogP contribution in [0.3, 0.4) is 0 Å². The van der Waals surface area contributed by atoms with Gasteiger partial charge in [0.2, 0.25) is 11.8 Å². The van der Waals surface area contributed by atoms with Crippen molar-refractivity contribution in [3.63, 3.8) is 0 Å². The number of rotatable bonds is 7. The summed E-state index contributed by atoms with van der Waals surface area (Å²) in [5.74, 6) is -2.17. The fourth-order valence-corrected chi connectivity index (χ4v) is 6.59. The van der Waals surface area contributed by atoms with E-state index < -0.39 is 11.7 Å². The maximum absolute atomic E-state index is 13.8. The monoisotopic (exact) mass is 552 g/mol. The van der Waals surface area contributed by atoms with E-state index in [2.05, 4.69) is 12.2 Å². The number of carbonyl (C=O) groups excluding carboxylic acids is 2. The molecule has 0 unspecified atom stereocenters. The standard InChI is InChI=1S/C34H33FN2O4/c1-20(16-22-9-14-29(38)28(35)18-22)8-15-30-31-21(2)17-26-32(27(31)19-41-30)34(40)37(33(26)39)25-12-10-24(11-13-25)36-23-6-4-3-5-7-23/h3-7,9-14,16,18,26-27,30,32,36,38H,8,15,17,19H2,1-2H3/b20-16+/t26-,27+,30-,32-/m1/s1. The number of aromatic hydroxyl groups is 1. The lowest BCUT2D eigenvalue weighted by Gasteiger charge is -2.30. The molecule has 7 heteroatoms. The number of imide groups is 1. The lowest BCUT2D eigenvalue weighted by Crippen LogP contribution is -2.34. The number of hydrogen-bond donors (Lipinski definition) is 2. The lowest BCUT2D eigenvalue weighted by molar-refractivity contribution is -0.122. The van der Waals surface area contributed by atoms with Gasteiger partial charge in [-0.05, 0) is 92.8 Å². The van der Waals surface area contributed by atoms with Gasteiger partial charge in [-0.1, -0.05) is 41.5 Å². The van der Waals surface area contributed by atoms with Crippen LogP contribution in [-0.2, 0) is 14.3 Å². The topological polar surface area (TPSA) is 78.9 Å². The number of hydrogen-bond acceptors (Lipinski definition) is 5. The van der Waals surface area contributed by atoms with Crippen molar-refractivity contribution in [2.75, 3.05) is 16.8 Å². The van der Waals surface area contributed by atoms with Gasteiger partial charge in [0, 0.05) is 17.3 Å². The molecule has 0 aromatic heterocycles. The lowest BCUT2D eigenvalue weighted by atomic mass is 9.70. The fraction of sp³-hybridized carbons (Fsp3) is 0.294. The molecule has 4 atom stereocenters. The maximum atomic E-state index is 13.8. The number of amides is 2. The number of anilines is 3. The highest BCUT2D eigenvalue weighted by atomic mass is 19.1. The van der Waals surface area contributed by atoms with Crippen LogP contribution in [0.25, 0.3) is 6.08 Å². The molecule has 2 aliphatic heterocycles. The summed E-state index contributed by atoms with van der Waals surface area (Å²) in [7, 11) is 0. The number of para-hydroxylation sites is 1. The number of halogens is 1. The number of carbonyl (C=O) groups is 2. The van der Waals surface area contributed by atoms with Crippen molar-refractivity contribution in [3.8, 4) is 5.75 Å². The van der Waals surface area contributed by atoms with E-state index in [0.717, 1.165) is 35.4 Å². The molecule has 6 nitrogen and oxygen atoms in total. The number of fused-ring (bicyclic) bond motifs is 3. The van der Waals surface area contributed by atoms with E-state index in [1.807, 2.05) is 67.6 Å². The Labute approximate surface area is 239 Å². The molecule has 3 aromatic rings. The van der Waals surface area contributed by atoms with Crippen LogP contribution in [0.5, 0.6) is 5.75 Å². The van der Waals surface area contributed by atoms with Gasteiger partial charge in [0.1, 0.15) is 0 Å². The zero-order chi connectivity index (χ0) is 28.7. The molecule has 0 spiro atoms. The third kappa shape index (κ3) is 5.18. The Bertz CT molecular complexity index is 1550. The van der Waals surface area contributed by atoms with Gasteiger partial charge < -0.3 is 15.2 Å². The third-order valence-electron chi connectivity index (χ3n) is 8.53. The van der Waals surface area contributed by atoms with Crippen LogP contribution in [0, 0.1) is 23.6 Å². The largest absolute Gasteiger partial charge is 0.505 e. The number of phenolic OH excluding ortho intramolecular Hbond substituents is 1. The second-order valence-electron chi connectivity index (χ2n) is 11.3. The van der Waals surface area contributed by atoms with Gasteiger partial charge in [0.15, 0.2) is 11.6 Å². The Morgan fingerprint density at radius 2 is 1.76 bits per heavy atom. The van der Waals surface area contributed by atoms with E-state index >= 15 is 0 Å². The van der Waals surface area contributed by atoms with E-state index in [9.17, 15) is 19.1 Å². The summed E-state index contributed by atoms with van der Waals surface area (Å²) in [6, 6.07) is 21.6. The van der Waals surface area contributed by atoms with Crippen LogP contribution in [0.2, 0.25) is 0 Å². The van der Waals surface area contributed by atoms with Crippen molar-refractivity contribution in [3.05, 3.63) is 101 Å². The molecule has 6 rings (SSSR count). The quantitative estimate of drug-likeness (QED) is 0.244. The van der Waals surface area contributed by atoms with Gasteiger partial charge in [0.25, 0.3) is 0 Å². The van der Waals surface area contributed by atoms with E-state index in [4.69, 9.17) is 4.74 Å². The summed E-state index contributed by atoms with van der Waals surface area (Å²) < 4.78 is 20.0. The van der Waals surface area contributed by atoms with Gasteiger partial charge >= 0.3 is 0 Å². The maximum Gasteiger partial charge on any atom is 0.238 e. The van der Waals surface area contributed by atoms with Gasteiger partial charge in [-0.15, -0.1) is 0 Å². The van der Waals surface area contributed by atoms with E-state index in [-0.39, 0.29) is 35.5 Å². The smallest absolute Gasteiger partial charge is 0.238 e. The minimum absolute atomic E-state index is 0.102. The average Bonchev–Trinajstić information content (AvgIpc) is 3.49.